The average Bonchev–Trinajstić information content (AvgIpc) is 3.39. The number of para-hydroxylation sites is 2. The number of methoxy groups -OCH3 is 3. The van der Waals surface area contributed by atoms with E-state index in [4.69, 9.17) is 19.0 Å². The summed E-state index contributed by atoms with van der Waals surface area (Å²) in [6.07, 6.45) is -1.15. The Morgan fingerprint density at radius 1 is 0.800 bits per heavy atom. The van der Waals surface area contributed by atoms with Crippen molar-refractivity contribution < 1.29 is 33.0 Å². The number of amides is 2. The molecule has 8 nitrogen and oxygen atoms in total. The fourth-order valence-electron chi connectivity index (χ4n) is 4.68. The number of halogens is 1. The lowest BCUT2D eigenvalue weighted by atomic mass is 9.89. The minimum absolute atomic E-state index is 0.107. The van der Waals surface area contributed by atoms with Gasteiger partial charge in [0.2, 0.25) is 5.91 Å². The second-order valence-electron chi connectivity index (χ2n) is 8.07. The van der Waals surface area contributed by atoms with E-state index in [1.807, 2.05) is 30.3 Å². The molecule has 2 amide bonds. The molecule has 2 heterocycles. The van der Waals surface area contributed by atoms with Crippen molar-refractivity contribution in [2.45, 2.75) is 12.1 Å². The van der Waals surface area contributed by atoms with Gasteiger partial charge in [0.05, 0.1) is 32.7 Å². The van der Waals surface area contributed by atoms with Gasteiger partial charge in [-0.05, 0) is 30.3 Å². The van der Waals surface area contributed by atoms with Gasteiger partial charge in [-0.3, -0.25) is 14.4 Å². The molecule has 2 aliphatic heterocycles. The summed E-state index contributed by atoms with van der Waals surface area (Å²) >= 11 is 0. The van der Waals surface area contributed by atoms with Gasteiger partial charge < -0.3 is 14.2 Å². The normalized spacial score (nSPS) is 21.3. The van der Waals surface area contributed by atoms with Gasteiger partial charge in [-0.15, -0.1) is 0 Å². The molecule has 0 saturated carbocycles. The van der Waals surface area contributed by atoms with Crippen LogP contribution in [0.2, 0.25) is 0 Å². The molecule has 0 radical (unpaired) electrons. The molecular weight excluding hydrogens is 455 g/mol. The van der Waals surface area contributed by atoms with E-state index in [-0.39, 0.29) is 5.69 Å². The highest BCUT2D eigenvalue weighted by Gasteiger charge is 2.61. The van der Waals surface area contributed by atoms with Crippen molar-refractivity contribution in [3.63, 3.8) is 0 Å². The van der Waals surface area contributed by atoms with Crippen LogP contribution in [-0.4, -0.2) is 39.2 Å². The van der Waals surface area contributed by atoms with Crippen molar-refractivity contribution in [3.8, 4) is 17.2 Å². The first kappa shape index (κ1) is 22.7. The summed E-state index contributed by atoms with van der Waals surface area (Å²) in [5.41, 5.74) is 1.09. The summed E-state index contributed by atoms with van der Waals surface area (Å²) in [5, 5.41) is 1.54. The first-order valence-corrected chi connectivity index (χ1v) is 10.9. The SMILES string of the molecule is COc1cc(OC)c([C@@H]2[C@@H]3C(=O)N(c4ccccc4F)C(=O)[C@@H]3ON2c2ccccc2)cc1OC. The van der Waals surface area contributed by atoms with Gasteiger partial charge in [-0.2, -0.15) is 0 Å². The Balaban J connectivity index is 1.67. The van der Waals surface area contributed by atoms with E-state index in [0.717, 1.165) is 4.90 Å². The van der Waals surface area contributed by atoms with Crippen LogP contribution in [0.15, 0.2) is 66.7 Å². The highest BCUT2D eigenvalue weighted by molar-refractivity contribution is 6.24. The molecule has 180 valence electrons. The molecule has 0 N–H and O–H groups in total. The molecule has 3 aromatic carbocycles. The zero-order chi connectivity index (χ0) is 24.7. The van der Waals surface area contributed by atoms with Crippen LogP contribution in [0.5, 0.6) is 17.2 Å². The van der Waals surface area contributed by atoms with Crippen LogP contribution in [-0.2, 0) is 14.4 Å². The number of ether oxygens (including phenoxy) is 3. The Kier molecular flexibility index (Phi) is 5.78. The van der Waals surface area contributed by atoms with Crippen molar-refractivity contribution >= 4 is 23.2 Å². The zero-order valence-corrected chi connectivity index (χ0v) is 19.3. The molecule has 0 spiro atoms. The Bertz CT molecular complexity index is 1280. The Hall–Kier alpha value is -4.11. The predicted octanol–water partition coefficient (Wildman–Crippen LogP) is 3.90. The van der Waals surface area contributed by atoms with Crippen molar-refractivity contribution in [1.29, 1.82) is 0 Å². The maximum absolute atomic E-state index is 14.6. The van der Waals surface area contributed by atoms with Gasteiger partial charge in [0.1, 0.15) is 23.5 Å². The molecule has 0 unspecified atom stereocenters. The van der Waals surface area contributed by atoms with E-state index >= 15 is 0 Å². The van der Waals surface area contributed by atoms with Crippen LogP contribution < -0.4 is 24.2 Å². The van der Waals surface area contributed by atoms with Crippen LogP contribution in [0.3, 0.4) is 0 Å². The summed E-state index contributed by atoms with van der Waals surface area (Å²) in [6.45, 7) is 0. The largest absolute Gasteiger partial charge is 0.496 e. The fourth-order valence-corrected chi connectivity index (χ4v) is 4.68. The number of imide groups is 1. The summed E-state index contributed by atoms with van der Waals surface area (Å²) in [5.74, 6) is -1.55. The summed E-state index contributed by atoms with van der Waals surface area (Å²) in [6, 6.07) is 17.4. The Morgan fingerprint density at radius 2 is 1.43 bits per heavy atom. The first-order chi connectivity index (χ1) is 17.0. The number of rotatable bonds is 6. The molecule has 5 rings (SSSR count). The molecule has 0 bridgehead atoms. The Morgan fingerprint density at radius 3 is 2.09 bits per heavy atom. The second-order valence-corrected chi connectivity index (χ2v) is 8.07. The van der Waals surface area contributed by atoms with E-state index in [0.29, 0.717) is 28.5 Å². The molecule has 2 aliphatic rings. The smallest absolute Gasteiger partial charge is 0.266 e. The molecule has 2 saturated heterocycles. The zero-order valence-electron chi connectivity index (χ0n) is 19.3. The summed E-state index contributed by atoms with van der Waals surface area (Å²) in [4.78, 5) is 34.1. The Labute approximate surface area is 201 Å². The molecule has 0 aromatic heterocycles. The standard InChI is InChI=1S/C26H23FN2O6/c1-32-19-14-21(34-3)20(33-2)13-16(19)23-22-24(35-29(23)15-9-5-4-6-10-15)26(31)28(25(22)30)18-12-8-7-11-17(18)27/h4-14,22-24H,1-3H3/t22-,23+,24+/m0/s1. The summed E-state index contributed by atoms with van der Waals surface area (Å²) in [7, 11) is 4.51. The lowest BCUT2D eigenvalue weighted by Gasteiger charge is -2.30. The number of fused-ring (bicyclic) bond motifs is 1. The number of hydrogen-bond donors (Lipinski definition) is 0. The number of carbonyl (C=O) groups is 2. The monoisotopic (exact) mass is 478 g/mol. The number of carbonyl (C=O) groups excluding carboxylic acids is 2. The van der Waals surface area contributed by atoms with Crippen molar-refractivity contribution in [3.05, 3.63) is 78.1 Å². The lowest BCUT2D eigenvalue weighted by molar-refractivity contribution is -0.126. The predicted molar refractivity (Wildman–Crippen MR) is 125 cm³/mol. The van der Waals surface area contributed by atoms with Crippen molar-refractivity contribution in [1.82, 2.24) is 0 Å². The van der Waals surface area contributed by atoms with Crippen LogP contribution in [0, 0.1) is 11.7 Å². The fraction of sp³-hybridized carbons (Fsp3) is 0.231. The molecular formula is C26H23FN2O6. The van der Waals surface area contributed by atoms with Gasteiger partial charge in [0, 0.05) is 11.6 Å². The topological polar surface area (TPSA) is 77.5 Å². The maximum Gasteiger partial charge on any atom is 0.266 e. The number of hydrogen-bond acceptors (Lipinski definition) is 7. The number of benzene rings is 3. The van der Waals surface area contributed by atoms with Crippen LogP contribution in [0.25, 0.3) is 0 Å². The van der Waals surface area contributed by atoms with Crippen LogP contribution >= 0.6 is 0 Å². The van der Waals surface area contributed by atoms with Gasteiger partial charge in [-0.25, -0.2) is 14.4 Å². The van der Waals surface area contributed by atoms with Crippen LogP contribution in [0.4, 0.5) is 15.8 Å². The summed E-state index contributed by atoms with van der Waals surface area (Å²) < 4.78 is 31.1. The third kappa shape index (κ3) is 3.55. The van der Waals surface area contributed by atoms with Crippen molar-refractivity contribution in [2.24, 2.45) is 5.92 Å². The van der Waals surface area contributed by atoms with E-state index < -0.39 is 35.7 Å². The average molecular weight is 478 g/mol. The van der Waals surface area contributed by atoms with Crippen LogP contribution in [0.1, 0.15) is 11.6 Å². The molecule has 3 atom stereocenters. The molecule has 3 aromatic rings. The van der Waals surface area contributed by atoms with E-state index in [1.165, 1.54) is 44.6 Å². The number of nitrogens with zero attached hydrogens (tertiary/aromatic N) is 2. The maximum atomic E-state index is 14.6. The number of anilines is 2. The third-order valence-electron chi connectivity index (χ3n) is 6.27. The molecule has 0 aliphatic carbocycles. The quantitative estimate of drug-likeness (QED) is 0.498. The molecule has 35 heavy (non-hydrogen) atoms. The minimum Gasteiger partial charge on any atom is -0.496 e. The minimum atomic E-state index is -1.15. The molecule has 2 fully saturated rings. The highest BCUT2D eigenvalue weighted by Crippen LogP contribution is 2.51. The highest BCUT2D eigenvalue weighted by atomic mass is 19.1. The van der Waals surface area contributed by atoms with Gasteiger partial charge in [-0.1, -0.05) is 30.3 Å². The van der Waals surface area contributed by atoms with E-state index in [1.54, 1.807) is 18.2 Å². The first-order valence-electron chi connectivity index (χ1n) is 10.9. The van der Waals surface area contributed by atoms with E-state index in [9.17, 15) is 14.0 Å². The lowest BCUT2D eigenvalue weighted by Crippen LogP contribution is -2.38. The van der Waals surface area contributed by atoms with Crippen molar-refractivity contribution in [2.75, 3.05) is 31.3 Å². The number of hydroxylamine groups is 1. The van der Waals surface area contributed by atoms with Gasteiger partial charge in [0.25, 0.3) is 5.91 Å². The second kappa shape index (κ2) is 8.92. The van der Waals surface area contributed by atoms with E-state index in [2.05, 4.69) is 0 Å². The third-order valence-corrected chi connectivity index (χ3v) is 6.27. The van der Waals surface area contributed by atoms with Gasteiger partial charge in [0.15, 0.2) is 17.6 Å². The van der Waals surface area contributed by atoms with Gasteiger partial charge >= 0.3 is 0 Å². The molecule has 9 heteroatoms.